The van der Waals surface area contributed by atoms with Crippen molar-refractivity contribution in [1.82, 2.24) is 4.98 Å². The molecule has 17 heavy (non-hydrogen) atoms. The van der Waals surface area contributed by atoms with Crippen LogP contribution in [0.1, 0.15) is 5.56 Å². The number of aliphatic hydroxyl groups is 1. The molecule has 1 aromatic heterocycles. The first-order valence-corrected chi connectivity index (χ1v) is 5.05. The number of hydrogen-bond donors (Lipinski definition) is 1. The van der Waals surface area contributed by atoms with Gasteiger partial charge in [-0.15, -0.1) is 0 Å². The maximum atomic E-state index is 12.2. The van der Waals surface area contributed by atoms with Gasteiger partial charge in [-0.2, -0.15) is 13.2 Å². The molecule has 0 saturated heterocycles. The maximum Gasteiger partial charge on any atom is 0.414 e. The number of fused-ring (bicyclic) bond motifs is 1. The third-order valence-electron chi connectivity index (χ3n) is 2.45. The van der Waals surface area contributed by atoms with Crippen molar-refractivity contribution in [3.05, 3.63) is 42.1 Å². The highest BCUT2D eigenvalue weighted by molar-refractivity contribution is 5.78. The van der Waals surface area contributed by atoms with Gasteiger partial charge >= 0.3 is 6.18 Å². The Kier molecular flexibility index (Phi) is 3.02. The fraction of sp³-hybridized carbons (Fsp3) is 0.250. The van der Waals surface area contributed by atoms with Crippen LogP contribution < -0.4 is 0 Å². The zero-order valence-electron chi connectivity index (χ0n) is 8.78. The van der Waals surface area contributed by atoms with Gasteiger partial charge in [0.1, 0.15) is 0 Å². The van der Waals surface area contributed by atoms with E-state index >= 15 is 0 Å². The lowest BCUT2D eigenvalue weighted by Crippen LogP contribution is -2.30. The van der Waals surface area contributed by atoms with Gasteiger partial charge in [0.2, 0.25) is 0 Å². The van der Waals surface area contributed by atoms with Crippen molar-refractivity contribution in [3.8, 4) is 0 Å². The van der Waals surface area contributed by atoms with E-state index in [4.69, 9.17) is 5.11 Å². The average Bonchev–Trinajstić information content (AvgIpc) is 2.27. The van der Waals surface area contributed by atoms with Crippen LogP contribution in [0.5, 0.6) is 0 Å². The molecule has 1 atom stereocenters. The summed E-state index contributed by atoms with van der Waals surface area (Å²) in [5.41, 5.74) is 1.09. The summed E-state index contributed by atoms with van der Waals surface area (Å²) in [5, 5.41) is 9.72. The summed E-state index contributed by atoms with van der Waals surface area (Å²) in [5.74, 6) is 0. The molecule has 0 bridgehead atoms. The number of benzene rings is 1. The number of para-hydroxylation sites is 1. The Hall–Kier alpha value is -1.62. The second kappa shape index (κ2) is 4.33. The molecule has 1 N–H and O–H groups in total. The Morgan fingerprint density at radius 3 is 2.65 bits per heavy atom. The van der Waals surface area contributed by atoms with E-state index in [1.54, 1.807) is 30.3 Å². The topological polar surface area (TPSA) is 33.1 Å². The van der Waals surface area contributed by atoms with Crippen LogP contribution in [0.4, 0.5) is 13.2 Å². The van der Waals surface area contributed by atoms with Crippen LogP contribution in [0, 0.1) is 0 Å². The molecule has 5 heteroatoms. The van der Waals surface area contributed by atoms with Crippen LogP contribution in [0.15, 0.2) is 36.5 Å². The molecule has 0 aliphatic carbocycles. The molecule has 2 nitrogen and oxygen atoms in total. The normalized spacial score (nSPS) is 13.9. The summed E-state index contributed by atoms with van der Waals surface area (Å²) in [6.07, 6.45) is -6.05. The molecule has 2 rings (SSSR count). The Morgan fingerprint density at radius 2 is 1.94 bits per heavy atom. The van der Waals surface area contributed by atoms with Gasteiger partial charge in [0.05, 0.1) is 5.52 Å². The third-order valence-corrected chi connectivity index (χ3v) is 2.45. The van der Waals surface area contributed by atoms with E-state index in [0.29, 0.717) is 5.56 Å². The first-order chi connectivity index (χ1) is 7.97. The van der Waals surface area contributed by atoms with Crippen molar-refractivity contribution >= 4 is 10.9 Å². The minimum atomic E-state index is -4.59. The third kappa shape index (κ3) is 2.74. The number of rotatable bonds is 2. The minimum Gasteiger partial charge on any atom is -0.383 e. The Labute approximate surface area is 95.7 Å². The summed E-state index contributed by atoms with van der Waals surface area (Å²) < 4.78 is 36.5. The van der Waals surface area contributed by atoms with Crippen LogP contribution in [-0.4, -0.2) is 22.4 Å². The molecule has 0 radical (unpaired) electrons. The number of pyridine rings is 1. The molecular weight excluding hydrogens is 231 g/mol. The number of halogens is 3. The first kappa shape index (κ1) is 11.9. The molecule has 0 saturated carbocycles. The molecule has 0 fully saturated rings. The largest absolute Gasteiger partial charge is 0.414 e. The van der Waals surface area contributed by atoms with Gasteiger partial charge in [-0.25, -0.2) is 0 Å². The standard InChI is InChI=1S/C12H10F3NO/c13-12(14,15)11(17)6-8-5-9-3-1-2-4-10(9)16-7-8/h1-5,7,11,17H,6H2. The quantitative estimate of drug-likeness (QED) is 0.876. The van der Waals surface area contributed by atoms with Gasteiger partial charge in [-0.05, 0) is 17.7 Å². The molecular formula is C12H10F3NO. The number of hydrogen-bond acceptors (Lipinski definition) is 2. The summed E-state index contributed by atoms with van der Waals surface area (Å²) in [6, 6.07) is 8.75. The van der Waals surface area contributed by atoms with E-state index in [1.807, 2.05) is 0 Å². The number of aliphatic hydroxyl groups excluding tert-OH is 1. The van der Waals surface area contributed by atoms with Crippen LogP contribution >= 0.6 is 0 Å². The fourth-order valence-electron chi connectivity index (χ4n) is 1.57. The summed E-state index contributed by atoms with van der Waals surface area (Å²) in [7, 11) is 0. The highest BCUT2D eigenvalue weighted by atomic mass is 19.4. The van der Waals surface area contributed by atoms with Crippen molar-refractivity contribution in [1.29, 1.82) is 0 Å². The second-order valence-corrected chi connectivity index (χ2v) is 3.80. The molecule has 0 aliphatic rings. The van der Waals surface area contributed by atoms with E-state index < -0.39 is 18.7 Å². The highest BCUT2D eigenvalue weighted by Crippen LogP contribution is 2.23. The molecule has 90 valence electrons. The van der Waals surface area contributed by atoms with Gasteiger partial charge in [0, 0.05) is 18.0 Å². The van der Waals surface area contributed by atoms with E-state index in [0.717, 1.165) is 10.9 Å². The van der Waals surface area contributed by atoms with Gasteiger partial charge in [0.15, 0.2) is 6.10 Å². The zero-order valence-corrected chi connectivity index (χ0v) is 8.78. The smallest absolute Gasteiger partial charge is 0.383 e. The molecule has 1 unspecified atom stereocenters. The molecule has 0 amide bonds. The van der Waals surface area contributed by atoms with E-state index in [2.05, 4.69) is 4.98 Å². The van der Waals surface area contributed by atoms with Gasteiger partial charge in [-0.3, -0.25) is 4.98 Å². The molecule has 0 spiro atoms. The van der Waals surface area contributed by atoms with Crippen LogP contribution in [-0.2, 0) is 6.42 Å². The van der Waals surface area contributed by atoms with Crippen LogP contribution in [0.25, 0.3) is 10.9 Å². The van der Waals surface area contributed by atoms with Crippen LogP contribution in [0.2, 0.25) is 0 Å². The Balaban J connectivity index is 2.25. The minimum absolute atomic E-state index is 0.369. The fourth-order valence-corrected chi connectivity index (χ4v) is 1.57. The highest BCUT2D eigenvalue weighted by Gasteiger charge is 2.37. The van der Waals surface area contributed by atoms with Crippen molar-refractivity contribution < 1.29 is 18.3 Å². The van der Waals surface area contributed by atoms with Crippen LogP contribution in [0.3, 0.4) is 0 Å². The van der Waals surface area contributed by atoms with Gasteiger partial charge in [-0.1, -0.05) is 18.2 Å². The van der Waals surface area contributed by atoms with Crippen molar-refractivity contribution in [2.24, 2.45) is 0 Å². The first-order valence-electron chi connectivity index (χ1n) is 5.05. The predicted octanol–water partition coefficient (Wildman–Crippen LogP) is 2.70. The van der Waals surface area contributed by atoms with Gasteiger partial charge in [0.25, 0.3) is 0 Å². The number of nitrogens with zero attached hydrogens (tertiary/aromatic N) is 1. The lowest BCUT2D eigenvalue weighted by molar-refractivity contribution is -0.203. The lowest BCUT2D eigenvalue weighted by Gasteiger charge is -2.14. The maximum absolute atomic E-state index is 12.2. The molecule has 2 aromatic rings. The summed E-state index contributed by atoms with van der Waals surface area (Å²) in [6.45, 7) is 0. The molecule has 0 aliphatic heterocycles. The number of aromatic nitrogens is 1. The Bertz CT molecular complexity index is 524. The summed E-state index contributed by atoms with van der Waals surface area (Å²) in [4.78, 5) is 4.04. The summed E-state index contributed by atoms with van der Waals surface area (Å²) >= 11 is 0. The monoisotopic (exact) mass is 241 g/mol. The Morgan fingerprint density at radius 1 is 1.24 bits per heavy atom. The predicted molar refractivity (Wildman–Crippen MR) is 57.5 cm³/mol. The number of alkyl halides is 3. The van der Waals surface area contributed by atoms with Gasteiger partial charge < -0.3 is 5.11 Å². The van der Waals surface area contributed by atoms with Crippen molar-refractivity contribution in [3.63, 3.8) is 0 Å². The van der Waals surface area contributed by atoms with E-state index in [-0.39, 0.29) is 0 Å². The average molecular weight is 241 g/mol. The molecule has 1 heterocycles. The van der Waals surface area contributed by atoms with Crippen molar-refractivity contribution in [2.75, 3.05) is 0 Å². The zero-order chi connectivity index (χ0) is 12.5. The van der Waals surface area contributed by atoms with E-state index in [1.165, 1.54) is 6.20 Å². The van der Waals surface area contributed by atoms with Crippen molar-refractivity contribution in [2.45, 2.75) is 18.7 Å². The van der Waals surface area contributed by atoms with E-state index in [9.17, 15) is 13.2 Å². The second-order valence-electron chi connectivity index (χ2n) is 3.80. The lowest BCUT2D eigenvalue weighted by atomic mass is 10.1. The molecule has 1 aromatic carbocycles. The SMILES string of the molecule is OC(Cc1cnc2ccccc2c1)C(F)(F)F.